The second-order valence-corrected chi connectivity index (χ2v) is 6.16. The Hall–Kier alpha value is 0.640. The molecule has 0 unspecified atom stereocenters. The van der Waals surface area contributed by atoms with Crippen molar-refractivity contribution in [1.29, 1.82) is 0 Å². The molecule has 0 aromatic heterocycles. The third-order valence-corrected chi connectivity index (χ3v) is 4.63. The lowest BCUT2D eigenvalue weighted by atomic mass is 10.4. The Morgan fingerprint density at radius 3 is 2.42 bits per heavy atom. The highest BCUT2D eigenvalue weighted by Crippen LogP contribution is 2.23. The second-order valence-electron chi connectivity index (χ2n) is 3.03. The van der Waals surface area contributed by atoms with E-state index in [1.165, 1.54) is 0 Å². The van der Waals surface area contributed by atoms with Gasteiger partial charge in [0.25, 0.3) is 0 Å². The first-order valence-electron chi connectivity index (χ1n) is 4.21. The molecule has 1 N–H and O–H groups in total. The number of sulfonamides is 1. The van der Waals surface area contributed by atoms with Crippen LogP contribution < -0.4 is 4.72 Å². The normalized spacial score (nSPS) is 20.1. The van der Waals surface area contributed by atoms with Crippen LogP contribution in [0.1, 0.15) is 25.7 Å². The van der Waals surface area contributed by atoms with E-state index in [2.05, 4.69) is 27.3 Å². The molecular formula is C7H14INO2S. The Labute approximate surface area is 87.5 Å². The average molecular weight is 303 g/mol. The van der Waals surface area contributed by atoms with Gasteiger partial charge in [0.05, 0.1) is 5.25 Å². The monoisotopic (exact) mass is 303 g/mol. The van der Waals surface area contributed by atoms with Crippen LogP contribution in [0.5, 0.6) is 0 Å². The van der Waals surface area contributed by atoms with Crippen molar-refractivity contribution in [2.24, 2.45) is 0 Å². The number of halogens is 1. The zero-order valence-electron chi connectivity index (χ0n) is 6.92. The number of hydrogen-bond donors (Lipinski definition) is 1. The van der Waals surface area contributed by atoms with Crippen LogP contribution in [0.4, 0.5) is 0 Å². The first kappa shape index (κ1) is 10.7. The molecule has 12 heavy (non-hydrogen) atoms. The van der Waals surface area contributed by atoms with Crippen LogP contribution in [-0.2, 0) is 10.0 Å². The van der Waals surface area contributed by atoms with Crippen molar-refractivity contribution in [1.82, 2.24) is 4.72 Å². The van der Waals surface area contributed by atoms with Gasteiger partial charge in [0.1, 0.15) is 0 Å². The second kappa shape index (κ2) is 4.76. The van der Waals surface area contributed by atoms with E-state index in [9.17, 15) is 8.42 Å². The average Bonchev–Trinajstić information content (AvgIpc) is 2.53. The van der Waals surface area contributed by atoms with Crippen LogP contribution in [-0.4, -0.2) is 24.6 Å². The quantitative estimate of drug-likeness (QED) is 0.628. The summed E-state index contributed by atoms with van der Waals surface area (Å²) >= 11 is 2.16. The van der Waals surface area contributed by atoms with Gasteiger partial charge >= 0.3 is 0 Å². The molecule has 5 heteroatoms. The van der Waals surface area contributed by atoms with Crippen LogP contribution >= 0.6 is 22.6 Å². The molecule has 1 aliphatic carbocycles. The molecular weight excluding hydrogens is 289 g/mol. The predicted octanol–water partition coefficient (Wildman–Crippen LogP) is 1.28. The lowest BCUT2D eigenvalue weighted by molar-refractivity contribution is 0.567. The van der Waals surface area contributed by atoms with Crippen molar-refractivity contribution in [3.63, 3.8) is 0 Å². The number of rotatable bonds is 4. The third-order valence-electron chi connectivity index (χ3n) is 2.14. The topological polar surface area (TPSA) is 46.2 Å². The van der Waals surface area contributed by atoms with Crippen molar-refractivity contribution in [3.8, 4) is 0 Å². The number of hydrogen-bond acceptors (Lipinski definition) is 2. The molecule has 0 atom stereocenters. The van der Waals surface area contributed by atoms with Crippen molar-refractivity contribution in [2.45, 2.75) is 30.9 Å². The summed E-state index contributed by atoms with van der Waals surface area (Å²) in [7, 11) is -2.98. The fraction of sp³-hybridized carbons (Fsp3) is 1.00. The van der Waals surface area contributed by atoms with E-state index in [0.29, 0.717) is 6.54 Å². The highest BCUT2D eigenvalue weighted by atomic mass is 127. The highest BCUT2D eigenvalue weighted by Gasteiger charge is 2.27. The van der Waals surface area contributed by atoms with Gasteiger partial charge in [0, 0.05) is 11.0 Å². The third kappa shape index (κ3) is 2.85. The molecule has 1 fully saturated rings. The van der Waals surface area contributed by atoms with Gasteiger partial charge in [0.2, 0.25) is 10.0 Å². The Bertz CT molecular complexity index is 222. The minimum atomic E-state index is -2.98. The molecule has 0 saturated heterocycles. The number of nitrogens with one attached hydrogen (secondary N) is 1. The van der Waals surface area contributed by atoms with E-state index in [4.69, 9.17) is 0 Å². The maximum absolute atomic E-state index is 11.5. The molecule has 0 spiro atoms. The maximum Gasteiger partial charge on any atom is 0.214 e. The molecule has 1 saturated carbocycles. The summed E-state index contributed by atoms with van der Waals surface area (Å²) in [6.45, 7) is 0.569. The largest absolute Gasteiger partial charge is 0.214 e. The summed E-state index contributed by atoms with van der Waals surface area (Å²) in [6, 6.07) is 0. The molecule has 0 heterocycles. The number of alkyl halides is 1. The van der Waals surface area contributed by atoms with E-state index in [1.807, 2.05) is 0 Å². The molecule has 0 aromatic carbocycles. The lowest BCUT2D eigenvalue weighted by Crippen LogP contribution is -2.33. The smallest absolute Gasteiger partial charge is 0.214 e. The van der Waals surface area contributed by atoms with Crippen molar-refractivity contribution >= 4 is 32.6 Å². The van der Waals surface area contributed by atoms with E-state index in [1.54, 1.807) is 0 Å². The van der Waals surface area contributed by atoms with Gasteiger partial charge in [-0.15, -0.1) is 0 Å². The van der Waals surface area contributed by atoms with Crippen molar-refractivity contribution in [3.05, 3.63) is 0 Å². The Balaban J connectivity index is 2.46. The predicted molar refractivity (Wildman–Crippen MR) is 58.1 cm³/mol. The molecule has 0 aliphatic heterocycles. The molecule has 1 aliphatic rings. The molecule has 0 aromatic rings. The first-order valence-corrected chi connectivity index (χ1v) is 7.28. The Kier molecular flexibility index (Phi) is 4.25. The highest BCUT2D eigenvalue weighted by molar-refractivity contribution is 14.1. The standard InChI is InChI=1S/C7H14INO2S/c8-5-6-9-12(10,11)7-3-1-2-4-7/h7,9H,1-6H2. The zero-order valence-corrected chi connectivity index (χ0v) is 9.90. The molecule has 72 valence electrons. The minimum Gasteiger partial charge on any atom is -0.214 e. The molecule has 1 rings (SSSR count). The first-order chi connectivity index (χ1) is 5.67. The zero-order chi connectivity index (χ0) is 9.03. The fourth-order valence-electron chi connectivity index (χ4n) is 1.50. The van der Waals surface area contributed by atoms with E-state index >= 15 is 0 Å². The van der Waals surface area contributed by atoms with Crippen LogP contribution in [0, 0.1) is 0 Å². The summed E-state index contributed by atoms with van der Waals surface area (Å²) in [6.07, 6.45) is 3.82. The van der Waals surface area contributed by atoms with Gasteiger partial charge in [0.15, 0.2) is 0 Å². The van der Waals surface area contributed by atoms with Crippen LogP contribution in [0.15, 0.2) is 0 Å². The van der Waals surface area contributed by atoms with Gasteiger partial charge in [-0.05, 0) is 12.8 Å². The summed E-state index contributed by atoms with van der Waals surface area (Å²) in [5.74, 6) is 0. The van der Waals surface area contributed by atoms with Crippen molar-refractivity contribution in [2.75, 3.05) is 11.0 Å². The fourth-order valence-corrected chi connectivity index (χ4v) is 3.71. The van der Waals surface area contributed by atoms with Gasteiger partial charge in [-0.1, -0.05) is 35.4 Å². The Morgan fingerprint density at radius 2 is 1.92 bits per heavy atom. The molecule has 3 nitrogen and oxygen atoms in total. The summed E-state index contributed by atoms with van der Waals surface area (Å²) in [5, 5.41) is -0.111. The van der Waals surface area contributed by atoms with Crippen LogP contribution in [0.25, 0.3) is 0 Å². The minimum absolute atomic E-state index is 0.111. The molecule has 0 bridgehead atoms. The molecule has 0 radical (unpaired) electrons. The summed E-state index contributed by atoms with van der Waals surface area (Å²) < 4.78 is 26.4. The van der Waals surface area contributed by atoms with Crippen LogP contribution in [0.2, 0.25) is 0 Å². The van der Waals surface area contributed by atoms with Crippen LogP contribution in [0.3, 0.4) is 0 Å². The van der Waals surface area contributed by atoms with Crippen molar-refractivity contribution < 1.29 is 8.42 Å². The van der Waals surface area contributed by atoms with Gasteiger partial charge in [-0.2, -0.15) is 0 Å². The Morgan fingerprint density at radius 1 is 1.33 bits per heavy atom. The van der Waals surface area contributed by atoms with E-state index in [-0.39, 0.29) is 5.25 Å². The molecule has 0 amide bonds. The lowest BCUT2D eigenvalue weighted by Gasteiger charge is -2.10. The van der Waals surface area contributed by atoms with E-state index in [0.717, 1.165) is 30.1 Å². The summed E-state index contributed by atoms with van der Waals surface area (Å²) in [5.41, 5.74) is 0. The van der Waals surface area contributed by atoms with Gasteiger partial charge in [-0.25, -0.2) is 13.1 Å². The van der Waals surface area contributed by atoms with Gasteiger partial charge in [-0.3, -0.25) is 0 Å². The van der Waals surface area contributed by atoms with E-state index < -0.39 is 10.0 Å². The van der Waals surface area contributed by atoms with Gasteiger partial charge < -0.3 is 0 Å². The summed E-state index contributed by atoms with van der Waals surface area (Å²) in [4.78, 5) is 0. The SMILES string of the molecule is O=S(=O)(NCCI)C1CCCC1. The maximum atomic E-state index is 11.5.